The minimum absolute atomic E-state index is 0.114. The number of halogens is 2. The zero-order valence-corrected chi connectivity index (χ0v) is 19.7. The SMILES string of the molecule is CNC(=O)C[C@@H]1O[C@@H](n2cnc3c(NCc4ccccc4)nc(-c4cc(F)ccc4F)nc32)[C@H](O)[C@@H]1O. The standard InChI is InChI=1S/C25H24F2N6O4/c1-28-18(34)10-17-20(35)21(36)25(37-17)33-12-30-19-23(29-11-13-5-3-2-4-6-13)31-22(32-24(19)33)15-9-14(26)7-8-16(15)27/h2-9,12,17,20-21,25,35-36H,10-11H2,1H3,(H,28,34)(H,29,31,32)/t17-,20+,21+,25+/m0/s1. The summed E-state index contributed by atoms with van der Waals surface area (Å²) in [6.07, 6.45) is -3.70. The Kier molecular flexibility index (Phi) is 6.78. The molecule has 1 aliphatic rings. The molecule has 0 aliphatic carbocycles. The van der Waals surface area contributed by atoms with Gasteiger partial charge in [-0.3, -0.25) is 9.36 Å². The largest absolute Gasteiger partial charge is 0.388 e. The molecule has 5 rings (SSSR count). The fraction of sp³-hybridized carbons (Fsp3) is 0.280. The van der Waals surface area contributed by atoms with E-state index in [0.717, 1.165) is 23.8 Å². The highest BCUT2D eigenvalue weighted by Gasteiger charge is 2.45. The van der Waals surface area contributed by atoms with Crippen molar-refractivity contribution in [3.63, 3.8) is 0 Å². The van der Waals surface area contributed by atoms with E-state index in [4.69, 9.17) is 4.74 Å². The number of ether oxygens (including phenoxy) is 1. The molecule has 12 heteroatoms. The Labute approximate surface area is 210 Å². The van der Waals surface area contributed by atoms with Gasteiger partial charge in [-0.25, -0.2) is 23.7 Å². The minimum Gasteiger partial charge on any atom is -0.388 e. The van der Waals surface area contributed by atoms with E-state index in [1.807, 2.05) is 30.3 Å². The van der Waals surface area contributed by atoms with Crippen LogP contribution in [-0.2, 0) is 16.1 Å². The number of nitrogens with one attached hydrogen (secondary N) is 2. The average Bonchev–Trinajstić information content (AvgIpc) is 3.45. The summed E-state index contributed by atoms with van der Waals surface area (Å²) >= 11 is 0. The molecule has 1 amide bonds. The number of hydrogen-bond donors (Lipinski definition) is 4. The zero-order chi connectivity index (χ0) is 26.1. The molecular formula is C25H24F2N6O4. The normalized spacial score (nSPS) is 21.3. The van der Waals surface area contributed by atoms with Gasteiger partial charge in [0.15, 0.2) is 29.0 Å². The van der Waals surface area contributed by atoms with E-state index in [1.165, 1.54) is 17.9 Å². The van der Waals surface area contributed by atoms with Crippen LogP contribution in [0.3, 0.4) is 0 Å². The Morgan fingerprint density at radius 1 is 1.11 bits per heavy atom. The molecule has 4 aromatic rings. The summed E-state index contributed by atoms with van der Waals surface area (Å²) in [5, 5.41) is 26.8. The molecule has 0 radical (unpaired) electrons. The molecule has 192 valence electrons. The van der Waals surface area contributed by atoms with Gasteiger partial charge in [0.2, 0.25) is 5.91 Å². The first-order valence-electron chi connectivity index (χ1n) is 11.6. The lowest BCUT2D eigenvalue weighted by molar-refractivity contribution is -0.125. The maximum absolute atomic E-state index is 14.7. The Bertz CT molecular complexity index is 1430. The summed E-state index contributed by atoms with van der Waals surface area (Å²) in [5.41, 5.74) is 1.22. The number of aromatic nitrogens is 4. The Hall–Kier alpha value is -4.00. The lowest BCUT2D eigenvalue weighted by atomic mass is 10.1. The number of hydrogen-bond acceptors (Lipinski definition) is 8. The first-order chi connectivity index (χ1) is 17.9. The number of anilines is 1. The molecule has 1 aliphatic heterocycles. The van der Waals surface area contributed by atoms with Crippen LogP contribution in [0.2, 0.25) is 0 Å². The van der Waals surface area contributed by atoms with E-state index in [-0.39, 0.29) is 40.7 Å². The summed E-state index contributed by atoms with van der Waals surface area (Å²) in [7, 11) is 1.45. The third-order valence-corrected chi connectivity index (χ3v) is 6.17. The van der Waals surface area contributed by atoms with Crippen molar-refractivity contribution in [2.24, 2.45) is 0 Å². The summed E-state index contributed by atoms with van der Waals surface area (Å²) < 4.78 is 35.8. The van der Waals surface area contributed by atoms with Gasteiger partial charge in [-0.2, -0.15) is 0 Å². The summed E-state index contributed by atoms with van der Waals surface area (Å²) in [6, 6.07) is 12.4. The Morgan fingerprint density at radius 3 is 2.65 bits per heavy atom. The van der Waals surface area contributed by atoms with Crippen molar-refractivity contribution in [3.05, 3.63) is 72.1 Å². The first-order valence-corrected chi connectivity index (χ1v) is 11.6. The fourth-order valence-corrected chi connectivity index (χ4v) is 4.21. The third kappa shape index (κ3) is 4.86. The number of nitrogens with zero attached hydrogens (tertiary/aromatic N) is 4. The van der Waals surface area contributed by atoms with Crippen LogP contribution in [0.5, 0.6) is 0 Å². The van der Waals surface area contributed by atoms with Gasteiger partial charge in [0.1, 0.15) is 23.8 Å². The molecule has 4 N–H and O–H groups in total. The van der Waals surface area contributed by atoms with Gasteiger partial charge in [-0.1, -0.05) is 30.3 Å². The molecule has 0 saturated carbocycles. The summed E-state index contributed by atoms with van der Waals surface area (Å²) in [5.74, 6) is -1.62. The number of amides is 1. The topological polar surface area (TPSA) is 134 Å². The van der Waals surface area contributed by atoms with Crippen LogP contribution in [0, 0.1) is 11.6 Å². The predicted octanol–water partition coefficient (Wildman–Crippen LogP) is 2.14. The molecule has 2 aromatic heterocycles. The van der Waals surface area contributed by atoms with Crippen molar-refractivity contribution < 1.29 is 28.5 Å². The number of fused-ring (bicyclic) bond motifs is 1. The molecular weight excluding hydrogens is 486 g/mol. The van der Waals surface area contributed by atoms with Crippen molar-refractivity contribution in [1.29, 1.82) is 0 Å². The highest BCUT2D eigenvalue weighted by Crippen LogP contribution is 2.35. The van der Waals surface area contributed by atoms with Crippen molar-refractivity contribution in [1.82, 2.24) is 24.8 Å². The predicted molar refractivity (Wildman–Crippen MR) is 129 cm³/mol. The van der Waals surface area contributed by atoms with Gasteiger partial charge in [-0.15, -0.1) is 0 Å². The van der Waals surface area contributed by atoms with Crippen molar-refractivity contribution in [3.8, 4) is 11.4 Å². The van der Waals surface area contributed by atoms with Crippen LogP contribution < -0.4 is 10.6 Å². The number of carbonyl (C=O) groups excluding carboxylic acids is 1. The number of aliphatic hydroxyl groups is 2. The smallest absolute Gasteiger partial charge is 0.222 e. The number of benzene rings is 2. The molecule has 4 atom stereocenters. The van der Waals surface area contributed by atoms with E-state index < -0.39 is 36.2 Å². The molecule has 3 heterocycles. The second-order valence-electron chi connectivity index (χ2n) is 8.61. The van der Waals surface area contributed by atoms with Gasteiger partial charge in [0.05, 0.1) is 24.4 Å². The van der Waals surface area contributed by atoms with Gasteiger partial charge in [0, 0.05) is 13.6 Å². The highest BCUT2D eigenvalue weighted by atomic mass is 19.1. The number of aliphatic hydroxyl groups excluding tert-OH is 2. The molecule has 1 saturated heterocycles. The number of rotatable bonds is 7. The highest BCUT2D eigenvalue weighted by molar-refractivity contribution is 5.85. The monoisotopic (exact) mass is 510 g/mol. The lowest BCUT2D eigenvalue weighted by Gasteiger charge is -2.17. The van der Waals surface area contributed by atoms with Crippen molar-refractivity contribution in [2.45, 2.75) is 37.5 Å². The van der Waals surface area contributed by atoms with E-state index in [9.17, 15) is 23.8 Å². The molecule has 0 spiro atoms. The van der Waals surface area contributed by atoms with E-state index in [0.29, 0.717) is 6.54 Å². The summed E-state index contributed by atoms with van der Waals surface area (Å²) in [6.45, 7) is 0.361. The second kappa shape index (κ2) is 10.2. The van der Waals surface area contributed by atoms with Crippen LogP contribution in [0.15, 0.2) is 54.9 Å². The first kappa shape index (κ1) is 24.7. The van der Waals surface area contributed by atoms with Gasteiger partial charge >= 0.3 is 0 Å². The molecule has 10 nitrogen and oxygen atoms in total. The molecule has 0 bridgehead atoms. The molecule has 0 unspecified atom stereocenters. The van der Waals surface area contributed by atoms with Gasteiger partial charge in [-0.05, 0) is 23.8 Å². The molecule has 37 heavy (non-hydrogen) atoms. The summed E-state index contributed by atoms with van der Waals surface area (Å²) in [4.78, 5) is 25.0. The fourth-order valence-electron chi connectivity index (χ4n) is 4.21. The number of imidazole rings is 1. The van der Waals surface area contributed by atoms with E-state index in [2.05, 4.69) is 25.6 Å². The van der Waals surface area contributed by atoms with Gasteiger partial charge < -0.3 is 25.6 Å². The van der Waals surface area contributed by atoms with Crippen molar-refractivity contribution >= 4 is 22.9 Å². The van der Waals surface area contributed by atoms with E-state index in [1.54, 1.807) is 0 Å². The quantitative estimate of drug-likeness (QED) is 0.297. The van der Waals surface area contributed by atoms with E-state index >= 15 is 0 Å². The van der Waals surface area contributed by atoms with Crippen LogP contribution >= 0.6 is 0 Å². The molecule has 2 aromatic carbocycles. The maximum Gasteiger partial charge on any atom is 0.222 e. The number of carbonyl (C=O) groups is 1. The van der Waals surface area contributed by atoms with Crippen LogP contribution in [-0.4, -0.2) is 61.0 Å². The van der Waals surface area contributed by atoms with Crippen LogP contribution in [0.1, 0.15) is 18.2 Å². The van der Waals surface area contributed by atoms with Crippen LogP contribution in [0.25, 0.3) is 22.6 Å². The maximum atomic E-state index is 14.7. The Balaban J connectivity index is 1.58. The average molecular weight is 511 g/mol. The van der Waals surface area contributed by atoms with Crippen LogP contribution in [0.4, 0.5) is 14.6 Å². The molecule has 1 fully saturated rings. The minimum atomic E-state index is -1.41. The van der Waals surface area contributed by atoms with Gasteiger partial charge in [0.25, 0.3) is 0 Å². The third-order valence-electron chi connectivity index (χ3n) is 6.17. The Morgan fingerprint density at radius 2 is 1.89 bits per heavy atom. The second-order valence-corrected chi connectivity index (χ2v) is 8.61. The zero-order valence-electron chi connectivity index (χ0n) is 19.7. The lowest BCUT2D eigenvalue weighted by Crippen LogP contribution is -2.34. The van der Waals surface area contributed by atoms with Crippen molar-refractivity contribution in [2.75, 3.05) is 12.4 Å².